The predicted molar refractivity (Wildman–Crippen MR) is 115 cm³/mol. The number of likely N-dealkylation sites (tertiary alicyclic amines) is 1. The molecule has 6 rings (SSSR count). The van der Waals surface area contributed by atoms with Crippen molar-refractivity contribution in [2.24, 2.45) is 0 Å². The number of fused-ring (bicyclic) bond motifs is 7. The van der Waals surface area contributed by atoms with E-state index in [9.17, 15) is 4.79 Å². The third-order valence-electron chi connectivity index (χ3n) is 6.86. The highest BCUT2D eigenvalue weighted by molar-refractivity contribution is 5.95. The van der Waals surface area contributed by atoms with Gasteiger partial charge in [0.15, 0.2) is 11.5 Å². The molecule has 0 saturated carbocycles. The topological polar surface area (TPSA) is 61.1 Å². The molecule has 0 radical (unpaired) electrons. The summed E-state index contributed by atoms with van der Waals surface area (Å²) in [5, 5.41) is 1.15. The number of furan rings is 1. The number of methoxy groups -OCH3 is 1. The second kappa shape index (κ2) is 7.31. The van der Waals surface area contributed by atoms with Crippen LogP contribution in [0.3, 0.4) is 0 Å². The number of hydrogen-bond donors (Lipinski definition) is 0. The molecule has 3 heterocycles. The Kier molecular flexibility index (Phi) is 4.42. The van der Waals surface area contributed by atoms with Crippen LogP contribution in [0, 0.1) is 0 Å². The van der Waals surface area contributed by atoms with Gasteiger partial charge >= 0.3 is 0 Å². The molecule has 0 unspecified atom stereocenters. The van der Waals surface area contributed by atoms with Crippen LogP contribution in [0.25, 0.3) is 11.0 Å². The van der Waals surface area contributed by atoms with Crippen molar-refractivity contribution in [1.82, 2.24) is 4.90 Å². The summed E-state index contributed by atoms with van der Waals surface area (Å²) in [7, 11) is 1.72. The molecule has 1 fully saturated rings. The summed E-state index contributed by atoms with van der Waals surface area (Å²) in [4.78, 5) is 15.6. The molecule has 2 aliphatic heterocycles. The first kappa shape index (κ1) is 18.8. The van der Waals surface area contributed by atoms with E-state index in [1.165, 1.54) is 5.56 Å². The molecular weight excluding hydrogens is 394 g/mol. The summed E-state index contributed by atoms with van der Waals surface area (Å²) in [6.45, 7) is 1.78. The van der Waals surface area contributed by atoms with Crippen molar-refractivity contribution in [1.29, 1.82) is 0 Å². The van der Waals surface area contributed by atoms with E-state index in [0.717, 1.165) is 36.0 Å². The molecule has 1 aliphatic carbocycles. The lowest BCUT2D eigenvalue weighted by molar-refractivity contribution is -0.0147. The van der Waals surface area contributed by atoms with Gasteiger partial charge in [0, 0.05) is 48.5 Å². The lowest BCUT2D eigenvalue weighted by atomic mass is 9.76. The number of carbonyl (C=O) groups is 1. The Hall–Kier alpha value is -2.99. The first-order chi connectivity index (χ1) is 15.2. The van der Waals surface area contributed by atoms with Crippen molar-refractivity contribution < 1.29 is 23.4 Å². The molecule has 6 nitrogen and oxygen atoms in total. The Balaban J connectivity index is 1.35. The minimum absolute atomic E-state index is 0.0115. The number of carbonyl (C=O) groups excluding carboxylic acids is 1. The average molecular weight is 419 g/mol. The fourth-order valence-corrected chi connectivity index (χ4v) is 5.32. The van der Waals surface area contributed by atoms with Crippen LogP contribution in [0.4, 0.5) is 0 Å². The second-order valence-electron chi connectivity index (χ2n) is 8.58. The highest BCUT2D eigenvalue weighted by Gasteiger charge is 2.45. The summed E-state index contributed by atoms with van der Waals surface area (Å²) < 4.78 is 23.6. The SMILES string of the molecule is CO[C@H]1CN(C(=O)c2ccc3c(c2)OCCCO3)[C@H]2Cc3c(oc4ccccc34)[C@@H]1C2. The Bertz CT molecular complexity index is 1150. The third kappa shape index (κ3) is 3.00. The first-order valence-corrected chi connectivity index (χ1v) is 11.0. The van der Waals surface area contributed by atoms with E-state index in [1.54, 1.807) is 7.11 Å². The molecule has 160 valence electrons. The molecule has 3 aliphatic rings. The smallest absolute Gasteiger partial charge is 0.254 e. The molecule has 0 N–H and O–H groups in total. The maximum absolute atomic E-state index is 13.6. The lowest BCUT2D eigenvalue weighted by Gasteiger charge is -2.46. The van der Waals surface area contributed by atoms with E-state index in [2.05, 4.69) is 6.07 Å². The summed E-state index contributed by atoms with van der Waals surface area (Å²) in [6, 6.07) is 13.8. The number of amides is 1. The fraction of sp³-hybridized carbons (Fsp3) is 0.400. The maximum atomic E-state index is 13.6. The van der Waals surface area contributed by atoms with Crippen molar-refractivity contribution in [3.63, 3.8) is 0 Å². The largest absolute Gasteiger partial charge is 0.490 e. The van der Waals surface area contributed by atoms with Gasteiger partial charge in [-0.15, -0.1) is 0 Å². The predicted octanol–water partition coefficient (Wildman–Crippen LogP) is 4.16. The quantitative estimate of drug-likeness (QED) is 0.624. The molecule has 3 aromatic rings. The molecule has 1 saturated heterocycles. The van der Waals surface area contributed by atoms with E-state index in [1.807, 2.05) is 41.3 Å². The van der Waals surface area contributed by atoms with Crippen molar-refractivity contribution >= 4 is 16.9 Å². The molecule has 2 aromatic carbocycles. The first-order valence-electron chi connectivity index (χ1n) is 11.0. The van der Waals surface area contributed by atoms with Gasteiger partial charge in [-0.05, 0) is 37.1 Å². The van der Waals surface area contributed by atoms with Crippen LogP contribution in [0.5, 0.6) is 11.5 Å². The van der Waals surface area contributed by atoms with Crippen LogP contribution in [0.15, 0.2) is 46.9 Å². The molecule has 31 heavy (non-hydrogen) atoms. The van der Waals surface area contributed by atoms with Crippen LogP contribution in [0.1, 0.15) is 40.4 Å². The van der Waals surface area contributed by atoms with Gasteiger partial charge in [0.2, 0.25) is 0 Å². The summed E-state index contributed by atoms with van der Waals surface area (Å²) in [6.07, 6.45) is 2.39. The van der Waals surface area contributed by atoms with E-state index in [-0.39, 0.29) is 24.0 Å². The van der Waals surface area contributed by atoms with Gasteiger partial charge in [-0.2, -0.15) is 0 Å². The van der Waals surface area contributed by atoms with E-state index in [0.29, 0.717) is 36.8 Å². The van der Waals surface area contributed by atoms with E-state index < -0.39 is 0 Å². The van der Waals surface area contributed by atoms with Crippen molar-refractivity contribution in [3.8, 4) is 11.5 Å². The Morgan fingerprint density at radius 3 is 2.81 bits per heavy atom. The molecule has 0 spiro atoms. The van der Waals surface area contributed by atoms with Gasteiger partial charge in [-0.1, -0.05) is 18.2 Å². The number of benzene rings is 2. The minimum atomic E-state index is -0.0970. The minimum Gasteiger partial charge on any atom is -0.490 e. The standard InChI is InChI=1S/C25H25NO5/c1-28-23-14-26(25(27)15-7-8-21-22(11-15)30-10-4-9-29-21)16-12-18-17-5-2-3-6-20(17)31-24(18)19(23)13-16/h2-3,5-8,11,16,19,23H,4,9-10,12-14H2,1H3/t16-,19+,23-/m0/s1. The van der Waals surface area contributed by atoms with Crippen LogP contribution in [0.2, 0.25) is 0 Å². The van der Waals surface area contributed by atoms with Gasteiger partial charge in [0.1, 0.15) is 11.3 Å². The molecule has 1 amide bonds. The summed E-state index contributed by atoms with van der Waals surface area (Å²) >= 11 is 0. The average Bonchev–Trinajstić information content (AvgIpc) is 3.01. The number of hydrogen-bond acceptors (Lipinski definition) is 5. The van der Waals surface area contributed by atoms with Crippen LogP contribution in [-0.4, -0.2) is 49.8 Å². The van der Waals surface area contributed by atoms with Gasteiger partial charge in [0.05, 0.1) is 19.3 Å². The zero-order valence-electron chi connectivity index (χ0n) is 17.5. The Morgan fingerprint density at radius 1 is 1.10 bits per heavy atom. The Morgan fingerprint density at radius 2 is 1.94 bits per heavy atom. The maximum Gasteiger partial charge on any atom is 0.254 e. The normalized spacial score (nSPS) is 24.5. The van der Waals surface area contributed by atoms with E-state index in [4.69, 9.17) is 18.6 Å². The zero-order chi connectivity index (χ0) is 20.9. The zero-order valence-corrected chi connectivity index (χ0v) is 17.5. The van der Waals surface area contributed by atoms with Crippen LogP contribution < -0.4 is 9.47 Å². The highest BCUT2D eigenvalue weighted by atomic mass is 16.5. The van der Waals surface area contributed by atoms with Crippen molar-refractivity contribution in [2.45, 2.75) is 37.3 Å². The summed E-state index contributed by atoms with van der Waals surface area (Å²) in [5.74, 6) is 2.56. The molecule has 3 atom stereocenters. The Labute approximate surface area is 180 Å². The van der Waals surface area contributed by atoms with Gasteiger partial charge in [-0.25, -0.2) is 0 Å². The molecule has 1 aromatic heterocycles. The van der Waals surface area contributed by atoms with Gasteiger partial charge in [0.25, 0.3) is 5.91 Å². The van der Waals surface area contributed by atoms with Gasteiger partial charge < -0.3 is 23.5 Å². The molecule has 2 bridgehead atoms. The number of nitrogens with zero attached hydrogens (tertiary/aromatic N) is 1. The van der Waals surface area contributed by atoms with Crippen LogP contribution >= 0.6 is 0 Å². The van der Waals surface area contributed by atoms with Crippen LogP contribution in [-0.2, 0) is 11.2 Å². The highest BCUT2D eigenvalue weighted by Crippen LogP contribution is 2.45. The van der Waals surface area contributed by atoms with E-state index >= 15 is 0 Å². The lowest BCUT2D eigenvalue weighted by Crippen LogP contribution is -2.54. The van der Waals surface area contributed by atoms with Crippen molar-refractivity contribution in [2.75, 3.05) is 26.9 Å². The molecule has 6 heteroatoms. The number of piperidine rings is 1. The molecular formula is C25H25NO5. The number of para-hydroxylation sites is 1. The second-order valence-corrected chi connectivity index (χ2v) is 8.58. The number of rotatable bonds is 2. The van der Waals surface area contributed by atoms with Crippen molar-refractivity contribution in [3.05, 3.63) is 59.4 Å². The van der Waals surface area contributed by atoms with Gasteiger partial charge in [-0.3, -0.25) is 4.79 Å². The monoisotopic (exact) mass is 419 g/mol. The third-order valence-corrected chi connectivity index (χ3v) is 6.86. The number of ether oxygens (including phenoxy) is 3. The fourth-order valence-electron chi connectivity index (χ4n) is 5.32. The summed E-state index contributed by atoms with van der Waals surface area (Å²) in [5.41, 5.74) is 2.76.